The van der Waals surface area contributed by atoms with E-state index in [0.29, 0.717) is 26.2 Å². The number of rotatable bonds is 8. The van der Waals surface area contributed by atoms with Crippen LogP contribution in [0.3, 0.4) is 0 Å². The molecule has 7 heteroatoms. The van der Waals surface area contributed by atoms with Crippen LogP contribution in [0.1, 0.15) is 39.2 Å². The van der Waals surface area contributed by atoms with Gasteiger partial charge >= 0.3 is 0 Å². The predicted molar refractivity (Wildman–Crippen MR) is 142 cm³/mol. The monoisotopic (exact) mass is 478 g/mol. The topological polar surface area (TPSA) is 79.7 Å². The number of hydrogen-bond acceptors (Lipinski definition) is 5. The molecule has 0 bridgehead atoms. The number of fused-ring (bicyclic) bond motifs is 1. The van der Waals surface area contributed by atoms with Crippen LogP contribution in [0.5, 0.6) is 0 Å². The zero-order valence-electron chi connectivity index (χ0n) is 20.9. The van der Waals surface area contributed by atoms with Gasteiger partial charge in [0, 0.05) is 29.6 Å². The second-order valence-electron chi connectivity index (χ2n) is 9.54. The fourth-order valence-electron chi connectivity index (χ4n) is 4.61. The van der Waals surface area contributed by atoms with E-state index in [1.165, 1.54) is 11.1 Å². The number of H-pyrrole nitrogens is 1. The second kappa shape index (κ2) is 10.3. The summed E-state index contributed by atoms with van der Waals surface area (Å²) in [6.07, 6.45) is 0. The molecule has 3 aromatic carbocycles. The van der Waals surface area contributed by atoms with Gasteiger partial charge in [-0.15, -0.1) is 5.10 Å². The van der Waals surface area contributed by atoms with Crippen molar-refractivity contribution < 1.29 is 0 Å². The molecular formula is C29H30N6O. The van der Waals surface area contributed by atoms with Gasteiger partial charge in [-0.3, -0.25) is 9.69 Å². The third kappa shape index (κ3) is 5.42. The predicted octanol–water partition coefficient (Wildman–Crippen LogP) is 4.69. The van der Waals surface area contributed by atoms with Crippen molar-refractivity contribution in [2.24, 2.45) is 0 Å². The summed E-state index contributed by atoms with van der Waals surface area (Å²) in [5.41, 5.74) is 7.34. The fourth-order valence-corrected chi connectivity index (χ4v) is 4.61. The van der Waals surface area contributed by atoms with E-state index >= 15 is 0 Å². The minimum atomic E-state index is -0.0646. The Bertz CT molecular complexity index is 1540. The SMILES string of the molecule is Cc1ccc(CN(Cc2cc3c(C)cc(C)cc3[nH]c2=O)Cc2nnnn2Cc2ccccc2)cc1. The van der Waals surface area contributed by atoms with Crippen molar-refractivity contribution in [1.29, 1.82) is 0 Å². The Labute approximate surface area is 210 Å². The fraction of sp³-hybridized carbons (Fsp3) is 0.241. The summed E-state index contributed by atoms with van der Waals surface area (Å²) in [6.45, 7) is 8.46. The first kappa shape index (κ1) is 23.6. The highest BCUT2D eigenvalue weighted by Crippen LogP contribution is 2.20. The Morgan fingerprint density at radius 3 is 2.39 bits per heavy atom. The van der Waals surface area contributed by atoms with Crippen molar-refractivity contribution in [3.8, 4) is 0 Å². The average Bonchev–Trinajstić information content (AvgIpc) is 3.28. The molecule has 0 saturated carbocycles. The smallest absolute Gasteiger partial charge is 0.252 e. The van der Waals surface area contributed by atoms with E-state index in [2.05, 4.69) is 81.7 Å². The van der Waals surface area contributed by atoms with Crippen LogP contribution in [0.15, 0.2) is 77.6 Å². The third-order valence-corrected chi connectivity index (χ3v) is 6.46. The van der Waals surface area contributed by atoms with Gasteiger partial charge in [-0.25, -0.2) is 4.68 Å². The van der Waals surface area contributed by atoms with Crippen molar-refractivity contribution in [1.82, 2.24) is 30.1 Å². The highest BCUT2D eigenvalue weighted by molar-refractivity contribution is 5.83. The maximum atomic E-state index is 13.1. The first-order valence-corrected chi connectivity index (χ1v) is 12.1. The number of pyridine rings is 1. The quantitative estimate of drug-likeness (QED) is 0.350. The van der Waals surface area contributed by atoms with Crippen LogP contribution in [0.2, 0.25) is 0 Å². The Kier molecular flexibility index (Phi) is 6.73. The molecule has 0 fully saturated rings. The molecule has 0 atom stereocenters. The number of tetrazole rings is 1. The molecule has 5 aromatic rings. The van der Waals surface area contributed by atoms with Crippen LogP contribution in [0, 0.1) is 20.8 Å². The lowest BCUT2D eigenvalue weighted by atomic mass is 10.0. The van der Waals surface area contributed by atoms with E-state index in [1.54, 1.807) is 0 Å². The number of benzene rings is 3. The molecular weight excluding hydrogens is 448 g/mol. The molecule has 0 unspecified atom stereocenters. The van der Waals surface area contributed by atoms with E-state index < -0.39 is 0 Å². The van der Waals surface area contributed by atoms with Crippen LogP contribution >= 0.6 is 0 Å². The van der Waals surface area contributed by atoms with Gasteiger partial charge < -0.3 is 4.98 Å². The molecule has 7 nitrogen and oxygen atoms in total. The first-order valence-electron chi connectivity index (χ1n) is 12.1. The molecule has 2 heterocycles. The zero-order valence-corrected chi connectivity index (χ0v) is 20.9. The molecule has 0 aliphatic heterocycles. The summed E-state index contributed by atoms with van der Waals surface area (Å²) in [4.78, 5) is 18.4. The van der Waals surface area contributed by atoms with Gasteiger partial charge in [-0.2, -0.15) is 0 Å². The number of hydrogen-bond donors (Lipinski definition) is 1. The van der Waals surface area contributed by atoms with Crippen molar-refractivity contribution >= 4 is 10.9 Å². The summed E-state index contributed by atoms with van der Waals surface area (Å²) in [5, 5.41) is 13.6. The van der Waals surface area contributed by atoms with Gasteiger partial charge in [0.15, 0.2) is 5.82 Å². The van der Waals surface area contributed by atoms with Gasteiger partial charge in [-0.05, 0) is 65.6 Å². The highest BCUT2D eigenvalue weighted by Gasteiger charge is 2.16. The van der Waals surface area contributed by atoms with E-state index in [0.717, 1.165) is 39.0 Å². The molecule has 1 N–H and O–H groups in total. The second-order valence-corrected chi connectivity index (χ2v) is 9.54. The minimum absolute atomic E-state index is 0.0646. The average molecular weight is 479 g/mol. The van der Waals surface area contributed by atoms with E-state index in [4.69, 9.17) is 0 Å². The van der Waals surface area contributed by atoms with E-state index in [1.807, 2.05) is 41.9 Å². The minimum Gasteiger partial charge on any atom is -0.322 e. The van der Waals surface area contributed by atoms with Crippen molar-refractivity contribution in [2.75, 3.05) is 0 Å². The summed E-state index contributed by atoms with van der Waals surface area (Å²) < 4.78 is 1.83. The Balaban J connectivity index is 1.46. The molecule has 0 aliphatic rings. The normalized spacial score (nSPS) is 11.4. The summed E-state index contributed by atoms with van der Waals surface area (Å²) in [7, 11) is 0. The number of aryl methyl sites for hydroxylation is 3. The van der Waals surface area contributed by atoms with Crippen LogP contribution < -0.4 is 5.56 Å². The molecule has 2 aromatic heterocycles. The van der Waals surface area contributed by atoms with Gasteiger partial charge in [-0.1, -0.05) is 66.2 Å². The maximum Gasteiger partial charge on any atom is 0.252 e. The highest BCUT2D eigenvalue weighted by atomic mass is 16.1. The van der Waals surface area contributed by atoms with Crippen LogP contribution in [-0.2, 0) is 26.2 Å². The summed E-state index contributed by atoms with van der Waals surface area (Å²) in [5.74, 6) is 0.759. The van der Waals surface area contributed by atoms with Gasteiger partial charge in [0.1, 0.15) is 0 Å². The largest absolute Gasteiger partial charge is 0.322 e. The molecule has 182 valence electrons. The molecule has 36 heavy (non-hydrogen) atoms. The lowest BCUT2D eigenvalue weighted by Crippen LogP contribution is -2.28. The molecule has 0 aliphatic carbocycles. The molecule has 0 radical (unpaired) electrons. The standard InChI is InChI=1S/C29H30N6O/c1-20-9-11-24(12-10-20)16-34(19-28-31-32-33-35(28)17-23-7-5-4-6-8-23)18-25-15-26-22(3)13-21(2)14-27(26)30-29(25)36/h4-15H,16-19H2,1-3H3,(H,30,36). The molecule has 5 rings (SSSR count). The molecule has 0 saturated heterocycles. The van der Waals surface area contributed by atoms with Crippen LogP contribution in [0.4, 0.5) is 0 Å². The Morgan fingerprint density at radius 2 is 1.61 bits per heavy atom. The first-order chi connectivity index (χ1) is 17.4. The Morgan fingerprint density at radius 1 is 0.833 bits per heavy atom. The van der Waals surface area contributed by atoms with Crippen LogP contribution in [-0.4, -0.2) is 30.1 Å². The molecule has 0 amide bonds. The van der Waals surface area contributed by atoms with Crippen LogP contribution in [0.25, 0.3) is 10.9 Å². The lowest BCUT2D eigenvalue weighted by Gasteiger charge is -2.22. The number of aromatic nitrogens is 5. The maximum absolute atomic E-state index is 13.1. The van der Waals surface area contributed by atoms with Gasteiger partial charge in [0.25, 0.3) is 5.56 Å². The number of nitrogens with zero attached hydrogens (tertiary/aromatic N) is 5. The van der Waals surface area contributed by atoms with Crippen molar-refractivity contribution in [3.63, 3.8) is 0 Å². The molecule has 0 spiro atoms. The van der Waals surface area contributed by atoms with E-state index in [-0.39, 0.29) is 5.56 Å². The Hall–Kier alpha value is -4.10. The van der Waals surface area contributed by atoms with Gasteiger partial charge in [0.05, 0.1) is 13.1 Å². The number of nitrogens with one attached hydrogen (secondary N) is 1. The zero-order chi connectivity index (χ0) is 25.1. The van der Waals surface area contributed by atoms with Crippen molar-refractivity contribution in [3.05, 3.63) is 122 Å². The lowest BCUT2D eigenvalue weighted by molar-refractivity contribution is 0.236. The van der Waals surface area contributed by atoms with Gasteiger partial charge in [0.2, 0.25) is 0 Å². The third-order valence-electron chi connectivity index (χ3n) is 6.46. The summed E-state index contributed by atoms with van der Waals surface area (Å²) >= 11 is 0. The van der Waals surface area contributed by atoms with Crippen molar-refractivity contribution in [2.45, 2.75) is 47.0 Å². The number of aromatic amines is 1. The van der Waals surface area contributed by atoms with E-state index in [9.17, 15) is 4.79 Å². The summed E-state index contributed by atoms with van der Waals surface area (Å²) in [6, 6.07) is 24.8.